The smallest absolute Gasteiger partial charge is 0.246 e. The second-order valence-corrected chi connectivity index (χ2v) is 9.03. The number of rotatable bonds is 7. The Morgan fingerprint density at radius 2 is 1.93 bits per heavy atom. The van der Waals surface area contributed by atoms with Crippen molar-refractivity contribution < 1.29 is 17.2 Å². The molecular weight excluding hydrogens is 392 g/mol. The van der Waals surface area contributed by atoms with E-state index < -0.39 is 26.6 Å². The third kappa shape index (κ3) is 3.80. The van der Waals surface area contributed by atoms with Gasteiger partial charge in [0, 0.05) is 18.2 Å². The summed E-state index contributed by atoms with van der Waals surface area (Å²) in [5.74, 6) is -1.78. The highest BCUT2D eigenvalue weighted by atomic mass is 32.2. The molecule has 1 aliphatic rings. The molecule has 0 amide bonds. The monoisotopic (exact) mass is 409 g/mol. The van der Waals surface area contributed by atoms with Gasteiger partial charge in [0.2, 0.25) is 10.0 Å². The van der Waals surface area contributed by atoms with E-state index in [2.05, 4.69) is 9.82 Å². The van der Waals surface area contributed by atoms with Crippen molar-refractivity contribution in [1.29, 1.82) is 0 Å². The number of aromatic nitrogens is 2. The van der Waals surface area contributed by atoms with Crippen molar-refractivity contribution in [3.05, 3.63) is 59.1 Å². The van der Waals surface area contributed by atoms with E-state index in [1.807, 2.05) is 23.6 Å². The van der Waals surface area contributed by atoms with Gasteiger partial charge in [-0.1, -0.05) is 12.1 Å². The van der Waals surface area contributed by atoms with E-state index in [0.717, 1.165) is 47.3 Å². The molecular formula is C18H17F2N3O2S2. The Balaban J connectivity index is 1.51. The van der Waals surface area contributed by atoms with E-state index in [9.17, 15) is 17.2 Å². The first-order chi connectivity index (χ1) is 13.0. The molecule has 1 fully saturated rings. The molecule has 1 saturated carbocycles. The predicted octanol–water partition coefficient (Wildman–Crippen LogP) is 3.75. The van der Waals surface area contributed by atoms with Gasteiger partial charge in [0.1, 0.15) is 17.3 Å². The molecule has 0 spiro atoms. The Morgan fingerprint density at radius 3 is 2.56 bits per heavy atom. The molecule has 1 aliphatic carbocycles. The summed E-state index contributed by atoms with van der Waals surface area (Å²) in [6.07, 6.45) is 2.17. The molecule has 0 bridgehead atoms. The van der Waals surface area contributed by atoms with Crippen molar-refractivity contribution in [2.75, 3.05) is 6.54 Å². The first-order valence-electron chi connectivity index (χ1n) is 8.51. The lowest BCUT2D eigenvalue weighted by molar-refractivity contribution is 0.509. The Labute approximate surface area is 159 Å². The second kappa shape index (κ2) is 7.14. The lowest BCUT2D eigenvalue weighted by atomic mass is 10.2. The molecule has 0 atom stereocenters. The van der Waals surface area contributed by atoms with Gasteiger partial charge in [0.25, 0.3) is 0 Å². The van der Waals surface area contributed by atoms with Crippen LogP contribution in [0.1, 0.15) is 24.5 Å². The summed E-state index contributed by atoms with van der Waals surface area (Å²) in [7, 11) is -4.28. The maximum Gasteiger partial charge on any atom is 0.246 e. The van der Waals surface area contributed by atoms with Crippen LogP contribution >= 0.6 is 11.3 Å². The van der Waals surface area contributed by atoms with Gasteiger partial charge < -0.3 is 0 Å². The molecule has 3 aromatic rings. The average molecular weight is 409 g/mol. The number of hydrogen-bond acceptors (Lipinski definition) is 4. The van der Waals surface area contributed by atoms with E-state index in [0.29, 0.717) is 5.92 Å². The minimum absolute atomic E-state index is 0.0125. The van der Waals surface area contributed by atoms with Gasteiger partial charge >= 0.3 is 0 Å². The van der Waals surface area contributed by atoms with Gasteiger partial charge in [0.05, 0.1) is 11.4 Å². The molecule has 5 nitrogen and oxygen atoms in total. The molecule has 0 radical (unpaired) electrons. The fourth-order valence-corrected chi connectivity index (χ4v) is 4.80. The topological polar surface area (TPSA) is 64.0 Å². The zero-order valence-electron chi connectivity index (χ0n) is 14.2. The fraction of sp³-hybridized carbons (Fsp3) is 0.278. The summed E-state index contributed by atoms with van der Waals surface area (Å²) in [4.78, 5) is 0.0943. The standard InChI is InChI=1S/C18H17F2N3O2S2/c19-13-3-1-4-14(20)18(13)27(24,25)21-8-9-23-16(12-6-7-12)11-15(22-23)17-5-2-10-26-17/h1-5,10-12,21H,6-9H2. The summed E-state index contributed by atoms with van der Waals surface area (Å²) in [5, 5.41) is 6.56. The molecule has 9 heteroatoms. The maximum absolute atomic E-state index is 13.8. The quantitative estimate of drug-likeness (QED) is 0.647. The number of nitrogens with one attached hydrogen (secondary N) is 1. The predicted molar refractivity (Wildman–Crippen MR) is 99.1 cm³/mol. The normalized spacial score (nSPS) is 14.6. The first kappa shape index (κ1) is 18.3. The van der Waals surface area contributed by atoms with Crippen LogP contribution in [0, 0.1) is 11.6 Å². The molecule has 0 aliphatic heterocycles. The lowest BCUT2D eigenvalue weighted by Crippen LogP contribution is -2.29. The lowest BCUT2D eigenvalue weighted by Gasteiger charge is -2.10. The molecule has 0 unspecified atom stereocenters. The molecule has 2 heterocycles. The summed E-state index contributed by atoms with van der Waals surface area (Å²) >= 11 is 1.59. The SMILES string of the molecule is O=S(=O)(NCCn1nc(-c2cccs2)cc1C1CC1)c1c(F)cccc1F. The zero-order valence-corrected chi connectivity index (χ0v) is 15.9. The fourth-order valence-electron chi connectivity index (χ4n) is 2.96. The van der Waals surface area contributed by atoms with Crippen molar-refractivity contribution in [3.63, 3.8) is 0 Å². The number of thiophene rings is 1. The van der Waals surface area contributed by atoms with Crippen molar-refractivity contribution in [1.82, 2.24) is 14.5 Å². The van der Waals surface area contributed by atoms with Crippen molar-refractivity contribution in [2.24, 2.45) is 0 Å². The highest BCUT2D eigenvalue weighted by molar-refractivity contribution is 7.89. The number of benzene rings is 1. The van der Waals surface area contributed by atoms with Crippen LogP contribution in [0.5, 0.6) is 0 Å². The van der Waals surface area contributed by atoms with Crippen LogP contribution in [-0.4, -0.2) is 24.7 Å². The number of halogens is 2. The largest absolute Gasteiger partial charge is 0.267 e. The first-order valence-corrected chi connectivity index (χ1v) is 10.9. The zero-order chi connectivity index (χ0) is 19.0. The summed E-state index contributed by atoms with van der Waals surface area (Å²) < 4.78 is 56.1. The molecule has 1 N–H and O–H groups in total. The molecule has 2 aromatic heterocycles. The van der Waals surface area contributed by atoms with Crippen LogP contribution in [0.15, 0.2) is 46.7 Å². The Morgan fingerprint density at radius 1 is 1.19 bits per heavy atom. The van der Waals surface area contributed by atoms with Gasteiger partial charge in [0.15, 0.2) is 4.90 Å². The maximum atomic E-state index is 13.8. The average Bonchev–Trinajstić information content (AvgIpc) is 3.14. The van der Waals surface area contributed by atoms with Gasteiger partial charge in [-0.15, -0.1) is 11.3 Å². The molecule has 0 saturated heterocycles. The van der Waals surface area contributed by atoms with E-state index in [1.165, 1.54) is 0 Å². The number of hydrogen-bond donors (Lipinski definition) is 1. The molecule has 4 rings (SSSR count). The van der Waals surface area contributed by atoms with E-state index >= 15 is 0 Å². The van der Waals surface area contributed by atoms with E-state index in [-0.39, 0.29) is 13.1 Å². The van der Waals surface area contributed by atoms with Gasteiger partial charge in [-0.3, -0.25) is 4.68 Å². The van der Waals surface area contributed by atoms with Crippen molar-refractivity contribution >= 4 is 21.4 Å². The van der Waals surface area contributed by atoms with Crippen LogP contribution in [0.2, 0.25) is 0 Å². The van der Waals surface area contributed by atoms with Crippen LogP contribution in [-0.2, 0) is 16.6 Å². The number of nitrogens with zero attached hydrogens (tertiary/aromatic N) is 2. The van der Waals surface area contributed by atoms with Crippen molar-refractivity contribution in [2.45, 2.75) is 30.2 Å². The Kier molecular flexibility index (Phi) is 4.83. The number of sulfonamides is 1. The van der Waals surface area contributed by atoms with Crippen LogP contribution in [0.3, 0.4) is 0 Å². The summed E-state index contributed by atoms with van der Waals surface area (Å²) in [5.41, 5.74) is 1.92. The molecule has 27 heavy (non-hydrogen) atoms. The van der Waals surface area contributed by atoms with E-state index in [1.54, 1.807) is 16.0 Å². The van der Waals surface area contributed by atoms with Crippen LogP contribution < -0.4 is 4.72 Å². The molecule has 1 aromatic carbocycles. The van der Waals surface area contributed by atoms with Gasteiger partial charge in [-0.2, -0.15) is 5.10 Å². The van der Waals surface area contributed by atoms with Crippen LogP contribution in [0.25, 0.3) is 10.6 Å². The Hall–Kier alpha value is -2.10. The minimum Gasteiger partial charge on any atom is -0.267 e. The third-order valence-corrected chi connectivity index (χ3v) is 6.79. The third-order valence-electron chi connectivity index (χ3n) is 4.38. The summed E-state index contributed by atoms with van der Waals surface area (Å²) in [6, 6.07) is 8.94. The molecule has 142 valence electrons. The highest BCUT2D eigenvalue weighted by Gasteiger charge is 2.29. The highest BCUT2D eigenvalue weighted by Crippen LogP contribution is 2.41. The second-order valence-electron chi connectivity index (χ2n) is 6.38. The van der Waals surface area contributed by atoms with E-state index in [4.69, 9.17) is 0 Å². The summed E-state index contributed by atoms with van der Waals surface area (Å²) in [6.45, 7) is 0.272. The van der Waals surface area contributed by atoms with Crippen LogP contribution in [0.4, 0.5) is 8.78 Å². The van der Waals surface area contributed by atoms with Gasteiger partial charge in [-0.05, 0) is 42.5 Å². The van der Waals surface area contributed by atoms with Gasteiger partial charge in [-0.25, -0.2) is 21.9 Å². The Bertz CT molecular complexity index is 1040. The minimum atomic E-state index is -4.28. The van der Waals surface area contributed by atoms with Crippen molar-refractivity contribution in [3.8, 4) is 10.6 Å².